The molecule has 3 rings (SSSR count). The molecule has 0 saturated heterocycles. The van der Waals surface area contributed by atoms with Gasteiger partial charge in [-0.15, -0.1) is 0 Å². The van der Waals surface area contributed by atoms with Crippen LogP contribution in [-0.4, -0.2) is 18.3 Å². The number of ether oxygens (including phenoxy) is 1. The maximum atomic E-state index is 13.6. The van der Waals surface area contributed by atoms with Gasteiger partial charge in [0.1, 0.15) is 29.7 Å². The normalized spacial score (nSPS) is 15.6. The zero-order valence-corrected chi connectivity index (χ0v) is 11.6. The minimum atomic E-state index is -0.396. The van der Waals surface area contributed by atoms with Crippen LogP contribution in [0.1, 0.15) is 5.56 Å². The highest BCUT2D eigenvalue weighted by Crippen LogP contribution is 2.15. The van der Waals surface area contributed by atoms with Crippen LogP contribution >= 0.6 is 0 Å². The molecule has 0 saturated carbocycles. The van der Waals surface area contributed by atoms with Crippen LogP contribution in [0.15, 0.2) is 65.3 Å². The third-order valence-corrected chi connectivity index (χ3v) is 3.06. The first kappa shape index (κ1) is 14.0. The monoisotopic (exact) mass is 296 g/mol. The van der Waals surface area contributed by atoms with E-state index in [1.807, 2.05) is 30.3 Å². The van der Waals surface area contributed by atoms with E-state index >= 15 is 0 Å². The second-order valence-corrected chi connectivity index (χ2v) is 4.67. The standard InChI is InChI=1S/C17H13FN2O2/c18-14-9-5-4-6-12(14)10-15-17(21)20-16(19-15)11-22-13-7-2-1-3-8-13/h1-10H,11H2,(H,19,20,21)/b15-10-. The molecule has 5 heteroatoms. The number of hydrogen-bond donors (Lipinski definition) is 1. The number of nitrogens with zero attached hydrogens (tertiary/aromatic N) is 1. The van der Waals surface area contributed by atoms with E-state index < -0.39 is 5.82 Å². The lowest BCUT2D eigenvalue weighted by Gasteiger charge is -2.04. The summed E-state index contributed by atoms with van der Waals surface area (Å²) in [6.07, 6.45) is 1.42. The molecule has 2 aromatic rings. The molecule has 0 atom stereocenters. The minimum Gasteiger partial charge on any atom is -0.486 e. The molecule has 0 fully saturated rings. The van der Waals surface area contributed by atoms with E-state index in [4.69, 9.17) is 4.74 Å². The molecule has 0 unspecified atom stereocenters. The first-order valence-electron chi connectivity index (χ1n) is 6.75. The van der Waals surface area contributed by atoms with Crippen molar-refractivity contribution in [2.45, 2.75) is 0 Å². The van der Waals surface area contributed by atoms with E-state index in [1.165, 1.54) is 12.1 Å². The Kier molecular flexibility index (Phi) is 3.96. The minimum absolute atomic E-state index is 0.143. The van der Waals surface area contributed by atoms with Crippen molar-refractivity contribution in [2.24, 2.45) is 4.99 Å². The Morgan fingerprint density at radius 1 is 1.09 bits per heavy atom. The van der Waals surface area contributed by atoms with Gasteiger partial charge in [0.15, 0.2) is 0 Å². The van der Waals surface area contributed by atoms with Crippen LogP contribution in [0.4, 0.5) is 4.39 Å². The number of benzene rings is 2. The lowest BCUT2D eigenvalue weighted by molar-refractivity contribution is -0.115. The number of nitrogens with one attached hydrogen (secondary N) is 1. The molecule has 0 aromatic heterocycles. The fourth-order valence-corrected chi connectivity index (χ4v) is 1.99. The van der Waals surface area contributed by atoms with Crippen LogP contribution < -0.4 is 10.1 Å². The Balaban J connectivity index is 1.73. The molecule has 0 aliphatic carbocycles. The summed E-state index contributed by atoms with van der Waals surface area (Å²) >= 11 is 0. The summed E-state index contributed by atoms with van der Waals surface area (Å²) in [5, 5.41) is 2.61. The molecule has 4 nitrogen and oxygen atoms in total. The Hall–Kier alpha value is -2.95. The SMILES string of the molecule is O=C1NC(COc2ccccc2)=N/C1=C\c1ccccc1F. The number of carbonyl (C=O) groups is 1. The number of rotatable bonds is 4. The first-order chi connectivity index (χ1) is 10.7. The summed E-state index contributed by atoms with van der Waals surface area (Å²) in [5.74, 6) is 0.323. The highest BCUT2D eigenvalue weighted by molar-refractivity contribution is 6.14. The van der Waals surface area contributed by atoms with Crippen LogP contribution in [0.5, 0.6) is 5.75 Å². The predicted octanol–water partition coefficient (Wildman–Crippen LogP) is 2.77. The van der Waals surface area contributed by atoms with Gasteiger partial charge in [-0.25, -0.2) is 9.38 Å². The highest BCUT2D eigenvalue weighted by atomic mass is 19.1. The van der Waals surface area contributed by atoms with Crippen molar-refractivity contribution in [1.82, 2.24) is 5.32 Å². The summed E-state index contributed by atoms with van der Waals surface area (Å²) in [7, 11) is 0. The summed E-state index contributed by atoms with van der Waals surface area (Å²) in [4.78, 5) is 16.0. The zero-order chi connectivity index (χ0) is 15.4. The number of amides is 1. The van der Waals surface area contributed by atoms with Gasteiger partial charge in [-0.1, -0.05) is 36.4 Å². The molecule has 0 bridgehead atoms. The number of carbonyl (C=O) groups excluding carboxylic acids is 1. The van der Waals surface area contributed by atoms with Crippen molar-refractivity contribution in [3.05, 3.63) is 71.7 Å². The van der Waals surface area contributed by atoms with Gasteiger partial charge >= 0.3 is 0 Å². The van der Waals surface area contributed by atoms with Crippen molar-refractivity contribution in [3.8, 4) is 5.75 Å². The summed E-state index contributed by atoms with van der Waals surface area (Å²) in [5.41, 5.74) is 0.485. The number of halogens is 1. The molecule has 0 radical (unpaired) electrons. The van der Waals surface area contributed by atoms with Crippen LogP contribution in [0, 0.1) is 5.82 Å². The molecule has 1 aliphatic heterocycles. The molecule has 22 heavy (non-hydrogen) atoms. The van der Waals surface area contributed by atoms with Crippen LogP contribution in [-0.2, 0) is 4.79 Å². The summed E-state index contributed by atoms with van der Waals surface area (Å²) < 4.78 is 19.1. The molecule has 110 valence electrons. The maximum Gasteiger partial charge on any atom is 0.275 e. The Labute approximate surface area is 127 Å². The van der Waals surface area contributed by atoms with Gasteiger partial charge in [-0.3, -0.25) is 4.79 Å². The van der Waals surface area contributed by atoms with Gasteiger partial charge in [0.05, 0.1) is 0 Å². The smallest absolute Gasteiger partial charge is 0.275 e. The van der Waals surface area contributed by atoms with Crippen molar-refractivity contribution in [1.29, 1.82) is 0 Å². The van der Waals surface area contributed by atoms with Gasteiger partial charge in [-0.05, 0) is 24.3 Å². The molecule has 1 amide bonds. The fraction of sp³-hybridized carbons (Fsp3) is 0.0588. The average Bonchev–Trinajstić information content (AvgIpc) is 2.89. The predicted molar refractivity (Wildman–Crippen MR) is 81.9 cm³/mol. The lowest BCUT2D eigenvalue weighted by atomic mass is 10.2. The highest BCUT2D eigenvalue weighted by Gasteiger charge is 2.20. The lowest BCUT2D eigenvalue weighted by Crippen LogP contribution is -2.28. The topological polar surface area (TPSA) is 50.7 Å². The Morgan fingerprint density at radius 3 is 2.59 bits per heavy atom. The summed E-state index contributed by atoms with van der Waals surface area (Å²) in [6.45, 7) is 0.143. The largest absolute Gasteiger partial charge is 0.486 e. The Bertz CT molecular complexity index is 754. The molecule has 1 heterocycles. The summed E-state index contributed by atoms with van der Waals surface area (Å²) in [6, 6.07) is 15.4. The van der Waals surface area contributed by atoms with E-state index in [2.05, 4.69) is 10.3 Å². The van der Waals surface area contributed by atoms with Crippen LogP contribution in [0.3, 0.4) is 0 Å². The maximum absolute atomic E-state index is 13.6. The van der Waals surface area contributed by atoms with E-state index in [9.17, 15) is 9.18 Å². The van der Waals surface area contributed by atoms with Gasteiger partial charge < -0.3 is 10.1 Å². The second-order valence-electron chi connectivity index (χ2n) is 4.67. The third-order valence-electron chi connectivity index (χ3n) is 3.06. The van der Waals surface area contributed by atoms with Gasteiger partial charge in [0.2, 0.25) is 0 Å². The number of hydrogen-bond acceptors (Lipinski definition) is 3. The van der Waals surface area contributed by atoms with Crippen LogP contribution in [0.25, 0.3) is 6.08 Å². The van der Waals surface area contributed by atoms with E-state index in [0.29, 0.717) is 17.1 Å². The molecular weight excluding hydrogens is 283 g/mol. The molecular formula is C17H13FN2O2. The number of para-hydroxylation sites is 1. The quantitative estimate of drug-likeness (QED) is 0.882. The molecule has 1 N–H and O–H groups in total. The average molecular weight is 296 g/mol. The van der Waals surface area contributed by atoms with Gasteiger partial charge in [0, 0.05) is 5.56 Å². The van der Waals surface area contributed by atoms with Crippen molar-refractivity contribution >= 4 is 17.8 Å². The van der Waals surface area contributed by atoms with E-state index in [1.54, 1.807) is 18.2 Å². The number of amidine groups is 1. The fourth-order valence-electron chi connectivity index (χ4n) is 1.99. The zero-order valence-electron chi connectivity index (χ0n) is 11.6. The molecule has 1 aliphatic rings. The second kappa shape index (κ2) is 6.22. The first-order valence-corrected chi connectivity index (χ1v) is 6.75. The Morgan fingerprint density at radius 2 is 1.82 bits per heavy atom. The van der Waals surface area contributed by atoms with Gasteiger partial charge in [0.25, 0.3) is 5.91 Å². The van der Waals surface area contributed by atoms with Crippen molar-refractivity contribution in [2.75, 3.05) is 6.61 Å². The third kappa shape index (κ3) is 3.20. The van der Waals surface area contributed by atoms with Gasteiger partial charge in [-0.2, -0.15) is 0 Å². The van der Waals surface area contributed by atoms with Crippen molar-refractivity contribution in [3.63, 3.8) is 0 Å². The van der Waals surface area contributed by atoms with E-state index in [-0.39, 0.29) is 18.2 Å². The van der Waals surface area contributed by atoms with Crippen molar-refractivity contribution < 1.29 is 13.9 Å². The molecule has 0 spiro atoms. The molecule has 2 aromatic carbocycles. The van der Waals surface area contributed by atoms with Crippen LogP contribution in [0.2, 0.25) is 0 Å². The van der Waals surface area contributed by atoms with E-state index in [0.717, 1.165) is 0 Å². The number of aliphatic imine (C=N–C) groups is 1.